The number of hydrogen-bond donors (Lipinski definition) is 3. The van der Waals surface area contributed by atoms with Gasteiger partial charge in [0, 0.05) is 0 Å². The van der Waals surface area contributed by atoms with E-state index in [-0.39, 0.29) is 45.0 Å². The summed E-state index contributed by atoms with van der Waals surface area (Å²) in [5, 5.41) is 0. The Kier molecular flexibility index (Phi) is 74.4. The summed E-state index contributed by atoms with van der Waals surface area (Å²) in [5.41, 5.74) is 0. The van der Waals surface area contributed by atoms with Crippen LogP contribution in [0.3, 0.4) is 0 Å². The first-order valence-electron chi connectivity index (χ1n) is 0.783. The minimum atomic E-state index is -4.64. The predicted molar refractivity (Wildman–Crippen MR) is 37.3 cm³/mol. The number of phosphoric acid groups is 1. The summed E-state index contributed by atoms with van der Waals surface area (Å²) in [6, 6.07) is 0. The highest BCUT2D eigenvalue weighted by Gasteiger charge is 2.00. The molecule has 0 spiro atoms. The zero-order chi connectivity index (χ0) is 4.50. The first-order valence-corrected chi connectivity index (χ1v) is 2.35. The smallest absolute Gasteiger partial charge is 0.412 e. The maximum absolute atomic E-state index is 8.88. The zero-order valence-corrected chi connectivity index (χ0v) is 5.09. The van der Waals surface area contributed by atoms with Crippen molar-refractivity contribution in [1.82, 2.24) is 0 Å². The van der Waals surface area contributed by atoms with E-state index in [0.717, 1.165) is 0 Å². The van der Waals surface area contributed by atoms with E-state index < -0.39 is 7.82 Å². The molecule has 0 amide bonds. The summed E-state index contributed by atoms with van der Waals surface area (Å²) in [4.78, 5) is 21.6. The van der Waals surface area contributed by atoms with Crippen LogP contribution >= 0.6 is 7.82 Å². The molecule has 0 bridgehead atoms. The molecule has 0 atom stereocenters. The number of rotatable bonds is 0. The van der Waals surface area contributed by atoms with E-state index in [1.807, 2.05) is 0 Å². The molecular formula is H13MgO8P. The Balaban J connectivity index is -0.00000000800. The zero-order valence-electron chi connectivity index (χ0n) is 4.20. The molecule has 0 aromatic heterocycles. The van der Waals surface area contributed by atoms with Crippen LogP contribution in [0.25, 0.3) is 0 Å². The van der Waals surface area contributed by atoms with E-state index in [1.165, 1.54) is 0 Å². The van der Waals surface area contributed by atoms with Crippen molar-refractivity contribution in [3.8, 4) is 0 Å². The second-order valence-electron chi connectivity index (χ2n) is 0.513. The van der Waals surface area contributed by atoms with Crippen molar-refractivity contribution in [2.45, 2.75) is 0 Å². The Morgan fingerprint density at radius 2 is 0.800 bits per heavy atom. The van der Waals surface area contributed by atoms with Crippen molar-refractivity contribution in [3.05, 3.63) is 0 Å². The monoisotopic (exact) mass is 196 g/mol. The molecule has 0 heterocycles. The molecular weight excluding hydrogens is 183 g/mol. The normalized spacial score (nSPS) is 5.90. The summed E-state index contributed by atoms with van der Waals surface area (Å²) in [5.74, 6) is 0. The van der Waals surface area contributed by atoms with Gasteiger partial charge in [-0.25, -0.2) is 4.57 Å². The van der Waals surface area contributed by atoms with Crippen LogP contribution in [0.15, 0.2) is 0 Å². The van der Waals surface area contributed by atoms with E-state index in [9.17, 15) is 0 Å². The molecule has 0 fully saturated rings. The van der Waals surface area contributed by atoms with Gasteiger partial charge in [-0.3, -0.25) is 0 Å². The topological polar surface area (TPSA) is 204 Å². The van der Waals surface area contributed by atoms with Crippen molar-refractivity contribution in [2.24, 2.45) is 0 Å². The minimum Gasteiger partial charge on any atom is -0.412 e. The van der Waals surface area contributed by atoms with Crippen LogP contribution in [-0.4, -0.2) is 59.6 Å². The largest absolute Gasteiger partial charge is 0.466 e. The van der Waals surface area contributed by atoms with Crippen LogP contribution in [0.4, 0.5) is 0 Å². The van der Waals surface area contributed by atoms with E-state index in [0.29, 0.717) is 0 Å². The van der Waals surface area contributed by atoms with Crippen LogP contribution in [0, 0.1) is 0 Å². The molecule has 0 aliphatic rings. The molecule has 8 nitrogen and oxygen atoms in total. The van der Waals surface area contributed by atoms with Gasteiger partial charge >= 0.3 is 30.9 Å². The summed E-state index contributed by atoms with van der Waals surface area (Å²) in [6.45, 7) is 0. The van der Waals surface area contributed by atoms with Crippen molar-refractivity contribution >= 4 is 30.9 Å². The third kappa shape index (κ3) is 1010. The van der Waals surface area contributed by atoms with Crippen LogP contribution in [-0.2, 0) is 4.57 Å². The lowest BCUT2D eigenvalue weighted by atomic mass is 15.8. The Morgan fingerprint density at radius 1 is 0.800 bits per heavy atom. The molecule has 0 rings (SSSR count). The van der Waals surface area contributed by atoms with Crippen LogP contribution in [0.2, 0.25) is 0 Å². The van der Waals surface area contributed by atoms with Gasteiger partial charge in [0.1, 0.15) is 0 Å². The predicted octanol–water partition coefficient (Wildman–Crippen LogP) is -5.14. The van der Waals surface area contributed by atoms with Gasteiger partial charge in [-0.05, 0) is 0 Å². The van der Waals surface area contributed by atoms with Gasteiger partial charge in [0.15, 0.2) is 0 Å². The maximum atomic E-state index is 8.88. The fraction of sp³-hybridized carbons (Fsp3) is 0. The van der Waals surface area contributed by atoms with Gasteiger partial charge in [0.2, 0.25) is 0 Å². The SMILES string of the molecule is O.O.O.O.O=P(O)(O)O.[MgH2]. The average molecular weight is 196 g/mol. The second-order valence-corrected chi connectivity index (χ2v) is 1.54. The summed E-state index contributed by atoms with van der Waals surface area (Å²) in [7, 11) is -4.64. The van der Waals surface area contributed by atoms with E-state index in [4.69, 9.17) is 19.2 Å². The number of hydrogen-bond acceptors (Lipinski definition) is 1. The van der Waals surface area contributed by atoms with Gasteiger partial charge in [0.05, 0.1) is 0 Å². The molecule has 0 saturated carbocycles. The van der Waals surface area contributed by atoms with E-state index >= 15 is 0 Å². The summed E-state index contributed by atoms with van der Waals surface area (Å²) in [6.07, 6.45) is 0. The highest BCUT2D eigenvalue weighted by atomic mass is 31.2. The fourth-order valence-corrected chi connectivity index (χ4v) is 0. The first kappa shape index (κ1) is 45.5. The molecule has 0 aliphatic heterocycles. The third-order valence-corrected chi connectivity index (χ3v) is 0. The van der Waals surface area contributed by atoms with Gasteiger partial charge in [0.25, 0.3) is 0 Å². The average Bonchev–Trinajstić information content (AvgIpc) is 0.722. The molecule has 10 heteroatoms. The molecule has 0 aromatic rings. The van der Waals surface area contributed by atoms with Crippen molar-refractivity contribution in [2.75, 3.05) is 0 Å². The van der Waals surface area contributed by atoms with Crippen molar-refractivity contribution in [1.29, 1.82) is 0 Å². The fourth-order valence-electron chi connectivity index (χ4n) is 0. The van der Waals surface area contributed by atoms with Crippen LogP contribution in [0.5, 0.6) is 0 Å². The minimum absolute atomic E-state index is 0. The molecule has 0 radical (unpaired) electrons. The summed E-state index contributed by atoms with van der Waals surface area (Å²) < 4.78 is 8.88. The van der Waals surface area contributed by atoms with Gasteiger partial charge in [-0.2, -0.15) is 0 Å². The molecule has 68 valence electrons. The van der Waals surface area contributed by atoms with Gasteiger partial charge in [-0.15, -0.1) is 0 Å². The van der Waals surface area contributed by atoms with Gasteiger partial charge in [-0.1, -0.05) is 0 Å². The van der Waals surface area contributed by atoms with E-state index in [2.05, 4.69) is 0 Å². The highest BCUT2D eigenvalue weighted by Crippen LogP contribution is 2.25. The van der Waals surface area contributed by atoms with Crippen molar-refractivity contribution in [3.63, 3.8) is 0 Å². The van der Waals surface area contributed by atoms with Crippen LogP contribution in [0.1, 0.15) is 0 Å². The standard InChI is InChI=1S/Mg.H3O4P.4H2O.2H/c;1-5(2,3)4;;;;;;/h;(H3,1,2,3,4);4*1H2;;. The molecule has 11 N–H and O–H groups in total. The molecule has 10 heavy (non-hydrogen) atoms. The van der Waals surface area contributed by atoms with E-state index in [1.54, 1.807) is 0 Å². The lowest BCUT2D eigenvalue weighted by Gasteiger charge is -1.82. The molecule has 0 saturated heterocycles. The molecule has 0 aromatic carbocycles. The quantitative estimate of drug-likeness (QED) is 0.256. The lowest BCUT2D eigenvalue weighted by Crippen LogP contribution is -1.66. The Hall–Kier alpha value is 0.716. The molecule has 0 unspecified atom stereocenters. The van der Waals surface area contributed by atoms with Crippen molar-refractivity contribution < 1.29 is 41.2 Å². The Bertz CT molecular complexity index is 55.4. The Morgan fingerprint density at radius 3 is 0.800 bits per heavy atom. The molecule has 0 aliphatic carbocycles. The third-order valence-electron chi connectivity index (χ3n) is 0. The van der Waals surface area contributed by atoms with Gasteiger partial charge < -0.3 is 36.6 Å². The Labute approximate surface area is 72.5 Å². The highest BCUT2D eigenvalue weighted by molar-refractivity contribution is 7.45. The van der Waals surface area contributed by atoms with Crippen LogP contribution < -0.4 is 0 Å². The maximum Gasteiger partial charge on any atom is 0.466 e. The summed E-state index contributed by atoms with van der Waals surface area (Å²) >= 11 is 0. The lowest BCUT2D eigenvalue weighted by molar-refractivity contribution is 0.275. The first-order chi connectivity index (χ1) is 2.00. The second kappa shape index (κ2) is 16.4.